The molecule has 7 nitrogen and oxygen atoms in total. The molecule has 1 aromatic carbocycles. The largest absolute Gasteiger partial charge is 0.361 e. The van der Waals surface area contributed by atoms with Gasteiger partial charge in [0.25, 0.3) is 5.91 Å². The first-order valence-electron chi connectivity index (χ1n) is 8.70. The summed E-state index contributed by atoms with van der Waals surface area (Å²) in [5.41, 5.74) is 2.40. The van der Waals surface area contributed by atoms with Crippen molar-refractivity contribution in [3.8, 4) is 0 Å². The van der Waals surface area contributed by atoms with E-state index < -0.39 is 15.3 Å². The van der Waals surface area contributed by atoms with Gasteiger partial charge in [-0.15, -0.1) is 11.3 Å². The zero-order chi connectivity index (χ0) is 19.2. The van der Waals surface area contributed by atoms with Gasteiger partial charge in [-0.3, -0.25) is 10.1 Å². The zero-order valence-electron chi connectivity index (χ0n) is 15.0. The van der Waals surface area contributed by atoms with Crippen LogP contribution in [0.4, 0.5) is 5.13 Å². The van der Waals surface area contributed by atoms with Crippen molar-refractivity contribution in [2.24, 2.45) is 0 Å². The van der Waals surface area contributed by atoms with E-state index in [1.807, 2.05) is 24.4 Å². The van der Waals surface area contributed by atoms with Crippen LogP contribution in [0.25, 0.3) is 10.9 Å². The Morgan fingerprint density at radius 3 is 2.93 bits per heavy atom. The molecule has 0 bridgehead atoms. The summed E-state index contributed by atoms with van der Waals surface area (Å²) in [5, 5.41) is 3.86. The minimum Gasteiger partial charge on any atom is -0.361 e. The number of anilines is 1. The first-order chi connectivity index (χ1) is 12.8. The first kappa shape index (κ1) is 18.1. The molecule has 142 valence electrons. The van der Waals surface area contributed by atoms with Gasteiger partial charge in [0.15, 0.2) is 5.13 Å². The van der Waals surface area contributed by atoms with Crippen LogP contribution in [0, 0.1) is 0 Å². The van der Waals surface area contributed by atoms with Gasteiger partial charge in [-0.25, -0.2) is 13.4 Å². The van der Waals surface area contributed by atoms with E-state index in [9.17, 15) is 13.2 Å². The average Bonchev–Trinajstić information content (AvgIpc) is 3.25. The highest BCUT2D eigenvalue weighted by Crippen LogP contribution is 2.30. The van der Waals surface area contributed by atoms with E-state index >= 15 is 0 Å². The summed E-state index contributed by atoms with van der Waals surface area (Å²) in [6, 6.07) is 7.37. The molecule has 0 unspecified atom stereocenters. The van der Waals surface area contributed by atoms with Gasteiger partial charge in [-0.2, -0.15) is 4.31 Å². The van der Waals surface area contributed by atoms with Crippen LogP contribution >= 0.6 is 11.3 Å². The molecular weight excluding hydrogens is 384 g/mol. The lowest BCUT2D eigenvalue weighted by Gasteiger charge is -2.26. The fraction of sp³-hybridized carbons (Fsp3) is 0.333. The summed E-state index contributed by atoms with van der Waals surface area (Å²) in [4.78, 5) is 21.0. The Morgan fingerprint density at radius 2 is 2.15 bits per heavy atom. The van der Waals surface area contributed by atoms with Crippen molar-refractivity contribution < 1.29 is 13.2 Å². The van der Waals surface area contributed by atoms with Gasteiger partial charge in [0, 0.05) is 47.1 Å². The Kier molecular flexibility index (Phi) is 4.53. The molecule has 9 heteroatoms. The molecule has 27 heavy (non-hydrogen) atoms. The van der Waals surface area contributed by atoms with Crippen LogP contribution in [0.5, 0.6) is 0 Å². The van der Waals surface area contributed by atoms with Crippen molar-refractivity contribution in [2.45, 2.75) is 32.1 Å². The van der Waals surface area contributed by atoms with Crippen molar-refractivity contribution in [2.75, 3.05) is 11.9 Å². The molecule has 0 spiro atoms. The fourth-order valence-corrected chi connectivity index (χ4v) is 5.46. The molecule has 2 aromatic heterocycles. The molecule has 0 aliphatic carbocycles. The quantitative estimate of drug-likeness (QED) is 0.699. The molecule has 0 saturated carbocycles. The average molecular weight is 405 g/mol. The summed E-state index contributed by atoms with van der Waals surface area (Å²) in [7, 11) is -3.29. The van der Waals surface area contributed by atoms with Gasteiger partial charge >= 0.3 is 0 Å². The van der Waals surface area contributed by atoms with E-state index in [-0.39, 0.29) is 5.91 Å². The number of aromatic amines is 1. The van der Waals surface area contributed by atoms with Gasteiger partial charge in [0.2, 0.25) is 10.0 Å². The summed E-state index contributed by atoms with van der Waals surface area (Å²) >= 11 is 1.34. The van der Waals surface area contributed by atoms with E-state index in [0.717, 1.165) is 21.5 Å². The molecule has 1 aliphatic heterocycles. The summed E-state index contributed by atoms with van der Waals surface area (Å²) < 4.78 is 26.3. The third-order valence-electron chi connectivity index (χ3n) is 4.69. The van der Waals surface area contributed by atoms with Gasteiger partial charge in [0.05, 0.1) is 10.9 Å². The van der Waals surface area contributed by atoms with Crippen molar-refractivity contribution in [1.82, 2.24) is 14.3 Å². The number of H-pyrrole nitrogens is 1. The molecule has 3 aromatic rings. The predicted octanol–water partition coefficient (Wildman–Crippen LogP) is 2.97. The lowest BCUT2D eigenvalue weighted by atomic mass is 10.1. The Morgan fingerprint density at radius 1 is 1.33 bits per heavy atom. The number of carbonyl (C=O) groups is 1. The molecule has 2 N–H and O–H groups in total. The maximum atomic E-state index is 12.5. The highest BCUT2D eigenvalue weighted by atomic mass is 32.2. The van der Waals surface area contributed by atoms with E-state index in [2.05, 4.69) is 15.3 Å². The number of aromatic nitrogens is 2. The smallest absolute Gasteiger partial charge is 0.257 e. The Labute approximate surface area is 161 Å². The SMILES string of the molecule is CC(C)S(=O)(=O)N1CCc2nc(NC(=O)c3ccc4[nH]ccc4c3)sc2C1. The zero-order valence-corrected chi connectivity index (χ0v) is 16.7. The van der Waals surface area contributed by atoms with Gasteiger partial charge in [-0.05, 0) is 38.1 Å². The van der Waals surface area contributed by atoms with E-state index in [4.69, 9.17) is 0 Å². The second-order valence-corrected chi connectivity index (χ2v) is 10.4. The summed E-state index contributed by atoms with van der Waals surface area (Å²) in [6.45, 7) is 4.11. The molecule has 0 saturated heterocycles. The number of thiazole rings is 1. The molecular formula is C18H20N4O3S2. The Hall–Kier alpha value is -2.23. The number of nitrogens with zero attached hydrogens (tertiary/aromatic N) is 2. The third kappa shape index (κ3) is 3.38. The summed E-state index contributed by atoms with van der Waals surface area (Å²) in [6.07, 6.45) is 2.39. The molecule has 1 aliphatic rings. The minimum atomic E-state index is -3.29. The molecule has 4 rings (SSSR count). The van der Waals surface area contributed by atoms with E-state index in [1.165, 1.54) is 15.6 Å². The number of amides is 1. The maximum Gasteiger partial charge on any atom is 0.257 e. The molecule has 0 atom stereocenters. The van der Waals surface area contributed by atoms with Crippen molar-refractivity contribution >= 4 is 43.3 Å². The number of hydrogen-bond donors (Lipinski definition) is 2. The number of hydrogen-bond acceptors (Lipinski definition) is 5. The van der Waals surface area contributed by atoms with Crippen molar-refractivity contribution in [3.63, 3.8) is 0 Å². The monoisotopic (exact) mass is 404 g/mol. The van der Waals surface area contributed by atoms with Crippen LogP contribution in [0.3, 0.4) is 0 Å². The van der Waals surface area contributed by atoms with Gasteiger partial charge < -0.3 is 4.98 Å². The number of rotatable bonds is 4. The third-order valence-corrected chi connectivity index (χ3v) is 7.91. The molecule has 0 fully saturated rings. The van der Waals surface area contributed by atoms with E-state index in [0.29, 0.717) is 30.2 Å². The second kappa shape index (κ2) is 6.74. The lowest BCUT2D eigenvalue weighted by molar-refractivity contribution is 0.102. The Bertz CT molecular complexity index is 1110. The number of fused-ring (bicyclic) bond motifs is 2. The molecule has 1 amide bonds. The second-order valence-electron chi connectivity index (χ2n) is 6.80. The fourth-order valence-electron chi connectivity index (χ4n) is 3.10. The predicted molar refractivity (Wildman–Crippen MR) is 107 cm³/mol. The van der Waals surface area contributed by atoms with Crippen LogP contribution in [0.15, 0.2) is 30.5 Å². The van der Waals surface area contributed by atoms with Gasteiger partial charge in [0.1, 0.15) is 0 Å². The summed E-state index contributed by atoms with van der Waals surface area (Å²) in [5.74, 6) is -0.226. The van der Waals surface area contributed by atoms with Crippen LogP contribution < -0.4 is 5.32 Å². The topological polar surface area (TPSA) is 95.2 Å². The standard InChI is InChI=1S/C18H20N4O3S2/c1-11(2)27(24,25)22-8-6-15-16(10-22)26-18(20-15)21-17(23)13-3-4-14-12(9-13)5-7-19-14/h3-5,7,9,11,19H,6,8,10H2,1-2H3,(H,20,21,23). The minimum absolute atomic E-state index is 0.226. The van der Waals surface area contributed by atoms with Crippen LogP contribution in [0.2, 0.25) is 0 Å². The number of nitrogens with one attached hydrogen (secondary N) is 2. The molecule has 3 heterocycles. The molecule has 0 radical (unpaired) electrons. The van der Waals surface area contributed by atoms with Crippen LogP contribution in [-0.4, -0.2) is 40.4 Å². The first-order valence-corrected chi connectivity index (χ1v) is 11.0. The van der Waals surface area contributed by atoms with Crippen molar-refractivity contribution in [3.05, 3.63) is 46.6 Å². The van der Waals surface area contributed by atoms with Crippen LogP contribution in [0.1, 0.15) is 34.8 Å². The highest BCUT2D eigenvalue weighted by molar-refractivity contribution is 7.89. The number of carbonyl (C=O) groups excluding carboxylic acids is 1. The Balaban J connectivity index is 1.52. The lowest BCUT2D eigenvalue weighted by Crippen LogP contribution is -2.39. The highest BCUT2D eigenvalue weighted by Gasteiger charge is 2.31. The normalized spacial score (nSPS) is 15.2. The van der Waals surface area contributed by atoms with Crippen LogP contribution in [-0.2, 0) is 23.0 Å². The number of benzene rings is 1. The van der Waals surface area contributed by atoms with Gasteiger partial charge in [-0.1, -0.05) is 0 Å². The maximum absolute atomic E-state index is 12.5. The van der Waals surface area contributed by atoms with Crippen molar-refractivity contribution in [1.29, 1.82) is 0 Å². The van der Waals surface area contributed by atoms with E-state index in [1.54, 1.807) is 19.9 Å². The number of sulfonamides is 1.